The van der Waals surface area contributed by atoms with E-state index in [9.17, 15) is 14.4 Å². The summed E-state index contributed by atoms with van der Waals surface area (Å²) in [5.41, 5.74) is 1.49. The van der Waals surface area contributed by atoms with Gasteiger partial charge in [-0.15, -0.1) is 11.3 Å². The van der Waals surface area contributed by atoms with Gasteiger partial charge in [0.2, 0.25) is 0 Å². The molecule has 0 aliphatic heterocycles. The third kappa shape index (κ3) is 3.31. The highest BCUT2D eigenvalue weighted by atomic mass is 32.1. The highest BCUT2D eigenvalue weighted by Crippen LogP contribution is 2.02. The SMILES string of the molecule is O=C(O)CC(NC(=O)c1cscn1)C(=O)O. The quantitative estimate of drug-likeness (QED) is 0.660. The lowest BCUT2D eigenvalue weighted by molar-refractivity contribution is -0.145. The fraction of sp³-hybridized carbons (Fsp3) is 0.250. The fourth-order valence-corrected chi connectivity index (χ4v) is 1.46. The van der Waals surface area contributed by atoms with Crippen molar-refractivity contribution in [1.82, 2.24) is 10.3 Å². The van der Waals surface area contributed by atoms with Crippen molar-refractivity contribution in [3.63, 3.8) is 0 Å². The summed E-state index contributed by atoms with van der Waals surface area (Å²) in [6.45, 7) is 0. The Kier molecular flexibility index (Phi) is 3.95. The summed E-state index contributed by atoms with van der Waals surface area (Å²) in [5.74, 6) is -3.40. The van der Waals surface area contributed by atoms with Gasteiger partial charge in [-0.05, 0) is 0 Å². The summed E-state index contributed by atoms with van der Waals surface area (Å²) < 4.78 is 0. The molecule has 7 nitrogen and oxygen atoms in total. The molecule has 1 aromatic heterocycles. The maximum atomic E-state index is 11.4. The van der Waals surface area contributed by atoms with E-state index in [0.29, 0.717) is 0 Å². The van der Waals surface area contributed by atoms with Crippen LogP contribution in [0.2, 0.25) is 0 Å². The van der Waals surface area contributed by atoms with Gasteiger partial charge < -0.3 is 15.5 Å². The van der Waals surface area contributed by atoms with Gasteiger partial charge in [0.1, 0.15) is 11.7 Å². The first-order valence-electron chi connectivity index (χ1n) is 4.14. The molecule has 8 heteroatoms. The number of carbonyl (C=O) groups is 3. The number of aliphatic carboxylic acids is 2. The summed E-state index contributed by atoms with van der Waals surface area (Å²) in [5, 5.41) is 20.6. The average Bonchev–Trinajstić information content (AvgIpc) is 2.68. The Labute approximate surface area is 93.7 Å². The second-order valence-corrected chi connectivity index (χ2v) is 3.55. The van der Waals surface area contributed by atoms with Crippen molar-refractivity contribution < 1.29 is 24.6 Å². The summed E-state index contributed by atoms with van der Waals surface area (Å²) >= 11 is 1.18. The van der Waals surface area contributed by atoms with Crippen LogP contribution in [0.5, 0.6) is 0 Å². The first-order valence-corrected chi connectivity index (χ1v) is 5.08. The lowest BCUT2D eigenvalue weighted by Crippen LogP contribution is -2.42. The van der Waals surface area contributed by atoms with Crippen LogP contribution in [-0.2, 0) is 9.59 Å². The molecule has 0 aliphatic rings. The maximum absolute atomic E-state index is 11.4. The van der Waals surface area contributed by atoms with Crippen LogP contribution in [0.4, 0.5) is 0 Å². The van der Waals surface area contributed by atoms with Crippen LogP contribution in [-0.4, -0.2) is 39.1 Å². The van der Waals surface area contributed by atoms with Gasteiger partial charge in [-0.3, -0.25) is 9.59 Å². The smallest absolute Gasteiger partial charge is 0.326 e. The Bertz CT molecular complexity index is 403. The third-order valence-electron chi connectivity index (χ3n) is 1.65. The molecule has 86 valence electrons. The standard InChI is InChI=1S/C8H8N2O5S/c11-6(12)1-4(8(14)15)10-7(13)5-2-16-3-9-5/h2-4H,1H2,(H,10,13)(H,11,12)(H,14,15). The molecule has 1 atom stereocenters. The summed E-state index contributed by atoms with van der Waals surface area (Å²) in [6, 6.07) is -1.45. The molecule has 0 fully saturated rings. The minimum Gasteiger partial charge on any atom is -0.481 e. The zero-order valence-corrected chi connectivity index (χ0v) is 8.73. The Morgan fingerprint density at radius 3 is 2.56 bits per heavy atom. The van der Waals surface area contributed by atoms with E-state index >= 15 is 0 Å². The van der Waals surface area contributed by atoms with Crippen molar-refractivity contribution in [1.29, 1.82) is 0 Å². The minimum absolute atomic E-state index is 0.0710. The second kappa shape index (κ2) is 5.21. The average molecular weight is 244 g/mol. The molecule has 0 spiro atoms. The molecule has 1 aromatic rings. The van der Waals surface area contributed by atoms with Crippen LogP contribution in [0.15, 0.2) is 10.9 Å². The molecule has 0 aliphatic carbocycles. The Hall–Kier alpha value is -1.96. The van der Waals surface area contributed by atoms with Gasteiger partial charge in [0.05, 0.1) is 11.9 Å². The fourth-order valence-electron chi connectivity index (χ4n) is 0.932. The van der Waals surface area contributed by atoms with Crippen molar-refractivity contribution in [2.45, 2.75) is 12.5 Å². The number of hydrogen-bond acceptors (Lipinski definition) is 5. The topological polar surface area (TPSA) is 117 Å². The monoisotopic (exact) mass is 244 g/mol. The summed E-state index contributed by atoms with van der Waals surface area (Å²) in [7, 11) is 0. The van der Waals surface area contributed by atoms with Gasteiger partial charge in [0.15, 0.2) is 0 Å². The highest BCUT2D eigenvalue weighted by molar-refractivity contribution is 7.07. The molecule has 3 N–H and O–H groups in total. The molecular weight excluding hydrogens is 236 g/mol. The Morgan fingerprint density at radius 2 is 2.12 bits per heavy atom. The number of aromatic nitrogens is 1. The number of thiazole rings is 1. The molecular formula is C8H8N2O5S. The van der Waals surface area contributed by atoms with Crippen LogP contribution in [0.3, 0.4) is 0 Å². The molecule has 0 saturated heterocycles. The highest BCUT2D eigenvalue weighted by Gasteiger charge is 2.23. The van der Waals surface area contributed by atoms with Gasteiger partial charge in [-0.25, -0.2) is 9.78 Å². The minimum atomic E-state index is -1.45. The van der Waals surface area contributed by atoms with E-state index in [1.165, 1.54) is 22.2 Å². The zero-order valence-electron chi connectivity index (χ0n) is 7.91. The molecule has 1 rings (SSSR count). The molecule has 1 unspecified atom stereocenters. The largest absolute Gasteiger partial charge is 0.481 e. The van der Waals surface area contributed by atoms with E-state index in [1.54, 1.807) is 0 Å². The number of carboxylic acid groups (broad SMARTS) is 2. The van der Waals surface area contributed by atoms with Gasteiger partial charge in [-0.2, -0.15) is 0 Å². The zero-order chi connectivity index (χ0) is 12.1. The number of amides is 1. The van der Waals surface area contributed by atoms with E-state index in [2.05, 4.69) is 10.3 Å². The van der Waals surface area contributed by atoms with Gasteiger partial charge >= 0.3 is 11.9 Å². The lowest BCUT2D eigenvalue weighted by Gasteiger charge is -2.10. The molecule has 16 heavy (non-hydrogen) atoms. The lowest BCUT2D eigenvalue weighted by atomic mass is 10.2. The van der Waals surface area contributed by atoms with Crippen molar-refractivity contribution >= 4 is 29.2 Å². The Morgan fingerprint density at radius 1 is 1.44 bits per heavy atom. The van der Waals surface area contributed by atoms with E-state index < -0.39 is 30.3 Å². The van der Waals surface area contributed by atoms with E-state index in [1.807, 2.05) is 0 Å². The van der Waals surface area contributed by atoms with E-state index in [0.717, 1.165) is 0 Å². The Balaban J connectivity index is 2.65. The predicted molar refractivity (Wildman–Crippen MR) is 53.3 cm³/mol. The van der Waals surface area contributed by atoms with Crippen molar-refractivity contribution in [3.05, 3.63) is 16.6 Å². The van der Waals surface area contributed by atoms with Crippen LogP contribution >= 0.6 is 11.3 Å². The molecule has 0 saturated carbocycles. The maximum Gasteiger partial charge on any atom is 0.326 e. The number of hydrogen-bond donors (Lipinski definition) is 3. The first-order chi connectivity index (χ1) is 7.50. The molecule has 1 amide bonds. The van der Waals surface area contributed by atoms with E-state index in [4.69, 9.17) is 10.2 Å². The first kappa shape index (κ1) is 12.1. The summed E-state index contributed by atoms with van der Waals surface area (Å²) in [6.07, 6.45) is -0.675. The number of carboxylic acids is 2. The number of nitrogens with one attached hydrogen (secondary N) is 1. The van der Waals surface area contributed by atoms with Crippen molar-refractivity contribution in [2.75, 3.05) is 0 Å². The summed E-state index contributed by atoms with van der Waals surface area (Å²) in [4.78, 5) is 36.1. The molecule has 0 radical (unpaired) electrons. The second-order valence-electron chi connectivity index (χ2n) is 2.84. The van der Waals surface area contributed by atoms with Crippen molar-refractivity contribution in [2.24, 2.45) is 0 Å². The predicted octanol–water partition coefficient (Wildman–Crippen LogP) is -0.199. The van der Waals surface area contributed by atoms with Gasteiger partial charge in [0.25, 0.3) is 5.91 Å². The molecule has 0 aromatic carbocycles. The van der Waals surface area contributed by atoms with Gasteiger partial charge in [0, 0.05) is 5.38 Å². The van der Waals surface area contributed by atoms with Crippen molar-refractivity contribution in [3.8, 4) is 0 Å². The molecule has 0 bridgehead atoms. The number of rotatable bonds is 5. The van der Waals surface area contributed by atoms with E-state index in [-0.39, 0.29) is 5.69 Å². The number of carbonyl (C=O) groups excluding carboxylic acids is 1. The van der Waals surface area contributed by atoms with Crippen LogP contribution in [0, 0.1) is 0 Å². The molecule has 1 heterocycles. The normalized spacial score (nSPS) is 11.8. The van der Waals surface area contributed by atoms with Crippen LogP contribution < -0.4 is 5.32 Å². The number of nitrogens with zero attached hydrogens (tertiary/aromatic N) is 1. The van der Waals surface area contributed by atoms with Gasteiger partial charge in [-0.1, -0.05) is 0 Å². The van der Waals surface area contributed by atoms with Crippen LogP contribution in [0.25, 0.3) is 0 Å². The third-order valence-corrected chi connectivity index (χ3v) is 2.23. The van der Waals surface area contributed by atoms with Crippen LogP contribution in [0.1, 0.15) is 16.9 Å².